The van der Waals surface area contributed by atoms with Gasteiger partial charge in [0.05, 0.1) is 23.0 Å². The molecule has 1 aromatic heterocycles. The number of para-hydroxylation sites is 2. The van der Waals surface area contributed by atoms with Crippen LogP contribution in [0.1, 0.15) is 10.4 Å². The maximum absolute atomic E-state index is 14.0. The summed E-state index contributed by atoms with van der Waals surface area (Å²) in [6.45, 7) is 0. The van der Waals surface area contributed by atoms with E-state index in [9.17, 15) is 14.3 Å². The first kappa shape index (κ1) is 17.5. The number of phenolic OH excluding ortho intramolecular Hbond substituents is 1. The monoisotopic (exact) mass is 374 g/mol. The standard InChI is InChI=1S/C22H15FN2O3/c23-17-10-4-3-9-16(17)20-13-24-22(28-20)15-8-2-1-7-14(15)21(27)25-18-11-5-6-12-19(18)26/h1-13,26H,(H,25,27). The molecule has 0 fully saturated rings. The Kier molecular flexibility index (Phi) is 4.60. The fraction of sp³-hybridized carbons (Fsp3) is 0. The average Bonchev–Trinajstić information content (AvgIpc) is 3.20. The maximum Gasteiger partial charge on any atom is 0.256 e. The number of nitrogens with zero attached hydrogens (tertiary/aromatic N) is 1. The first-order valence-electron chi connectivity index (χ1n) is 8.53. The third kappa shape index (κ3) is 3.35. The Labute approximate surface area is 160 Å². The molecule has 28 heavy (non-hydrogen) atoms. The minimum Gasteiger partial charge on any atom is -0.506 e. The number of aromatic hydroxyl groups is 1. The van der Waals surface area contributed by atoms with Gasteiger partial charge in [-0.15, -0.1) is 0 Å². The van der Waals surface area contributed by atoms with Gasteiger partial charge in [0.2, 0.25) is 5.89 Å². The van der Waals surface area contributed by atoms with Gasteiger partial charge < -0.3 is 14.8 Å². The zero-order valence-electron chi connectivity index (χ0n) is 14.6. The summed E-state index contributed by atoms with van der Waals surface area (Å²) in [5.41, 5.74) is 1.35. The fourth-order valence-corrected chi connectivity index (χ4v) is 2.82. The zero-order chi connectivity index (χ0) is 19.5. The third-order valence-corrected chi connectivity index (χ3v) is 4.20. The smallest absolute Gasteiger partial charge is 0.256 e. The van der Waals surface area contributed by atoms with Crippen molar-refractivity contribution in [3.63, 3.8) is 0 Å². The molecule has 0 radical (unpaired) electrons. The van der Waals surface area contributed by atoms with Crippen molar-refractivity contribution in [1.82, 2.24) is 4.98 Å². The normalized spacial score (nSPS) is 10.6. The largest absolute Gasteiger partial charge is 0.506 e. The molecule has 0 aliphatic heterocycles. The van der Waals surface area contributed by atoms with Crippen molar-refractivity contribution in [3.05, 3.63) is 90.4 Å². The molecule has 6 heteroatoms. The number of amides is 1. The second-order valence-corrected chi connectivity index (χ2v) is 6.03. The number of halogens is 1. The van der Waals surface area contributed by atoms with Crippen LogP contribution < -0.4 is 5.32 Å². The molecule has 0 unspecified atom stereocenters. The van der Waals surface area contributed by atoms with Crippen molar-refractivity contribution in [3.8, 4) is 28.5 Å². The van der Waals surface area contributed by atoms with E-state index in [0.717, 1.165) is 0 Å². The van der Waals surface area contributed by atoms with Crippen LogP contribution >= 0.6 is 0 Å². The highest BCUT2D eigenvalue weighted by atomic mass is 19.1. The van der Waals surface area contributed by atoms with Gasteiger partial charge in [0.15, 0.2) is 5.76 Å². The van der Waals surface area contributed by atoms with Gasteiger partial charge in [-0.05, 0) is 36.4 Å². The highest BCUT2D eigenvalue weighted by Gasteiger charge is 2.18. The number of anilines is 1. The third-order valence-electron chi connectivity index (χ3n) is 4.20. The van der Waals surface area contributed by atoms with E-state index in [0.29, 0.717) is 16.8 Å². The highest BCUT2D eigenvalue weighted by molar-refractivity contribution is 6.08. The van der Waals surface area contributed by atoms with E-state index in [1.807, 2.05) is 0 Å². The summed E-state index contributed by atoms with van der Waals surface area (Å²) in [6.07, 6.45) is 1.42. The van der Waals surface area contributed by atoms with Gasteiger partial charge in [-0.1, -0.05) is 36.4 Å². The Morgan fingerprint density at radius 1 is 0.929 bits per heavy atom. The molecule has 0 aliphatic carbocycles. The van der Waals surface area contributed by atoms with Crippen molar-refractivity contribution in [2.24, 2.45) is 0 Å². The number of aromatic nitrogens is 1. The average molecular weight is 374 g/mol. The van der Waals surface area contributed by atoms with E-state index >= 15 is 0 Å². The first-order chi connectivity index (χ1) is 13.6. The number of hydrogen-bond donors (Lipinski definition) is 2. The van der Waals surface area contributed by atoms with E-state index in [2.05, 4.69) is 10.3 Å². The Bertz CT molecular complexity index is 1150. The van der Waals surface area contributed by atoms with Crippen LogP contribution in [0.3, 0.4) is 0 Å². The van der Waals surface area contributed by atoms with Crippen molar-refractivity contribution < 1.29 is 18.7 Å². The van der Waals surface area contributed by atoms with Gasteiger partial charge in [0.25, 0.3) is 5.91 Å². The van der Waals surface area contributed by atoms with Crippen LogP contribution in [-0.2, 0) is 0 Å². The SMILES string of the molecule is O=C(Nc1ccccc1O)c1ccccc1-c1ncc(-c2ccccc2F)o1. The lowest BCUT2D eigenvalue weighted by Gasteiger charge is -2.09. The first-order valence-corrected chi connectivity index (χ1v) is 8.53. The zero-order valence-corrected chi connectivity index (χ0v) is 14.6. The van der Waals surface area contributed by atoms with Crippen molar-refractivity contribution in [2.45, 2.75) is 0 Å². The van der Waals surface area contributed by atoms with Crippen molar-refractivity contribution >= 4 is 11.6 Å². The lowest BCUT2D eigenvalue weighted by molar-refractivity contribution is 0.102. The Balaban J connectivity index is 1.68. The minimum atomic E-state index is -0.428. The van der Waals surface area contributed by atoms with E-state index in [1.54, 1.807) is 60.7 Å². The van der Waals surface area contributed by atoms with Crippen LogP contribution in [0.2, 0.25) is 0 Å². The molecule has 138 valence electrons. The molecule has 5 nitrogen and oxygen atoms in total. The summed E-state index contributed by atoms with van der Waals surface area (Å²) in [5.74, 6) is -0.421. The summed E-state index contributed by atoms with van der Waals surface area (Å²) in [5, 5.41) is 12.5. The predicted molar refractivity (Wildman–Crippen MR) is 103 cm³/mol. The molecular weight excluding hydrogens is 359 g/mol. The van der Waals surface area contributed by atoms with Crippen molar-refractivity contribution in [1.29, 1.82) is 0 Å². The second kappa shape index (κ2) is 7.36. The summed E-state index contributed by atoms with van der Waals surface area (Å²) in [6, 6.07) is 19.4. The summed E-state index contributed by atoms with van der Waals surface area (Å²) >= 11 is 0. The van der Waals surface area contributed by atoms with E-state index < -0.39 is 11.7 Å². The minimum absolute atomic E-state index is 0.0358. The second-order valence-electron chi connectivity index (χ2n) is 6.03. The number of hydrogen-bond acceptors (Lipinski definition) is 4. The molecule has 3 aromatic carbocycles. The Morgan fingerprint density at radius 3 is 2.39 bits per heavy atom. The Morgan fingerprint density at radius 2 is 1.61 bits per heavy atom. The van der Waals surface area contributed by atoms with Crippen LogP contribution in [0.4, 0.5) is 10.1 Å². The lowest BCUT2D eigenvalue weighted by Crippen LogP contribution is -2.13. The molecule has 0 atom stereocenters. The van der Waals surface area contributed by atoms with Gasteiger partial charge in [-0.3, -0.25) is 4.79 Å². The van der Waals surface area contributed by atoms with Crippen LogP contribution in [0, 0.1) is 5.82 Å². The summed E-state index contributed by atoms with van der Waals surface area (Å²) < 4.78 is 19.7. The van der Waals surface area contributed by atoms with Crippen LogP contribution in [-0.4, -0.2) is 16.0 Å². The number of rotatable bonds is 4. The van der Waals surface area contributed by atoms with Gasteiger partial charge in [0.1, 0.15) is 11.6 Å². The number of oxazole rings is 1. The van der Waals surface area contributed by atoms with Gasteiger partial charge >= 0.3 is 0 Å². The number of carbonyl (C=O) groups excluding carboxylic acids is 1. The topological polar surface area (TPSA) is 75.4 Å². The van der Waals surface area contributed by atoms with Crippen LogP contribution in [0.5, 0.6) is 5.75 Å². The van der Waals surface area contributed by atoms with E-state index in [-0.39, 0.29) is 23.0 Å². The van der Waals surface area contributed by atoms with Gasteiger partial charge in [-0.2, -0.15) is 0 Å². The molecule has 0 saturated carbocycles. The van der Waals surface area contributed by atoms with Crippen LogP contribution in [0.25, 0.3) is 22.8 Å². The summed E-state index contributed by atoms with van der Waals surface area (Å²) in [4.78, 5) is 16.9. The molecule has 2 N–H and O–H groups in total. The molecule has 4 aromatic rings. The molecule has 4 rings (SSSR count). The molecule has 0 aliphatic rings. The molecule has 1 amide bonds. The molecule has 1 heterocycles. The fourth-order valence-electron chi connectivity index (χ4n) is 2.82. The molecular formula is C22H15FN2O3. The maximum atomic E-state index is 14.0. The Hall–Kier alpha value is -3.93. The number of carbonyl (C=O) groups is 1. The number of phenols is 1. The van der Waals surface area contributed by atoms with Crippen molar-refractivity contribution in [2.75, 3.05) is 5.32 Å². The number of nitrogens with one attached hydrogen (secondary N) is 1. The van der Waals surface area contributed by atoms with Crippen LogP contribution in [0.15, 0.2) is 83.4 Å². The quantitative estimate of drug-likeness (QED) is 0.487. The van der Waals surface area contributed by atoms with E-state index in [1.165, 1.54) is 18.3 Å². The van der Waals surface area contributed by atoms with Gasteiger partial charge in [-0.25, -0.2) is 9.37 Å². The predicted octanol–water partition coefficient (Wildman–Crippen LogP) is 5.11. The molecule has 0 saturated heterocycles. The van der Waals surface area contributed by atoms with E-state index in [4.69, 9.17) is 4.42 Å². The van der Waals surface area contributed by atoms with Gasteiger partial charge in [0, 0.05) is 5.56 Å². The highest BCUT2D eigenvalue weighted by Crippen LogP contribution is 2.30. The molecule has 0 bridgehead atoms. The number of benzene rings is 3. The molecule has 0 spiro atoms. The lowest BCUT2D eigenvalue weighted by atomic mass is 10.1. The summed E-state index contributed by atoms with van der Waals surface area (Å²) in [7, 11) is 0.